The summed E-state index contributed by atoms with van der Waals surface area (Å²) in [5, 5.41) is 12.5. The molecule has 5 amide bonds. The van der Waals surface area contributed by atoms with Crippen LogP contribution >= 0.6 is 11.6 Å². The third-order valence-electron chi connectivity index (χ3n) is 5.71. The molecule has 0 aliphatic carbocycles. The molecule has 1 aromatic carbocycles. The second-order valence-electron chi connectivity index (χ2n) is 8.38. The number of likely N-dealkylation sites (N-methyl/N-ethyl adjacent to an activating group) is 1. The molecule has 1 saturated heterocycles. The van der Waals surface area contributed by atoms with Gasteiger partial charge in [-0.15, -0.1) is 0 Å². The highest BCUT2D eigenvalue weighted by Gasteiger charge is 2.50. The van der Waals surface area contributed by atoms with Crippen molar-refractivity contribution in [3.8, 4) is 0 Å². The predicted octanol–water partition coefficient (Wildman–Crippen LogP) is 1.63. The first-order valence-electron chi connectivity index (χ1n) is 10.8. The largest absolute Gasteiger partial charge is 0.356 e. The van der Waals surface area contributed by atoms with Crippen molar-refractivity contribution in [2.75, 3.05) is 33.6 Å². The molecule has 0 bridgehead atoms. The number of imide groups is 1. The van der Waals surface area contributed by atoms with Gasteiger partial charge >= 0.3 is 6.03 Å². The van der Waals surface area contributed by atoms with Gasteiger partial charge in [-0.1, -0.05) is 11.6 Å². The quantitative estimate of drug-likeness (QED) is 0.131. The molecule has 2 unspecified atom stereocenters. The van der Waals surface area contributed by atoms with Crippen LogP contribution in [-0.2, 0) is 19.1 Å². The van der Waals surface area contributed by atoms with Crippen molar-refractivity contribution in [1.82, 2.24) is 20.6 Å². The SMILES string of the molecule is CCOCOCC(CC(CN1C(=O)N(C)C(C)(C)C1=O)C(=O)NO)NC(=O)c1ccc(Cl)cc1. The minimum absolute atomic E-state index is 0.0121. The Morgan fingerprint density at radius 1 is 1.18 bits per heavy atom. The van der Waals surface area contributed by atoms with Crippen molar-refractivity contribution in [2.45, 2.75) is 38.8 Å². The van der Waals surface area contributed by atoms with E-state index in [0.29, 0.717) is 17.2 Å². The number of carbonyl (C=O) groups excluding carboxylic acids is 4. The number of urea groups is 1. The maximum Gasteiger partial charge on any atom is 0.327 e. The zero-order valence-electron chi connectivity index (χ0n) is 19.7. The van der Waals surface area contributed by atoms with Crippen LogP contribution in [0.25, 0.3) is 0 Å². The van der Waals surface area contributed by atoms with Gasteiger partial charge in [-0.2, -0.15) is 0 Å². The van der Waals surface area contributed by atoms with Crippen molar-refractivity contribution in [2.24, 2.45) is 5.92 Å². The summed E-state index contributed by atoms with van der Waals surface area (Å²) in [5.41, 5.74) is 0.853. The molecule has 1 heterocycles. The van der Waals surface area contributed by atoms with Crippen molar-refractivity contribution < 1.29 is 33.9 Å². The van der Waals surface area contributed by atoms with Gasteiger partial charge in [0.05, 0.1) is 18.6 Å². The molecule has 0 spiro atoms. The molecule has 3 N–H and O–H groups in total. The Bertz CT molecular complexity index is 894. The molecule has 34 heavy (non-hydrogen) atoms. The number of nitrogens with one attached hydrogen (secondary N) is 2. The molecular weight excluding hydrogens is 468 g/mol. The van der Waals surface area contributed by atoms with E-state index < -0.39 is 41.3 Å². The van der Waals surface area contributed by atoms with Gasteiger partial charge in [0, 0.05) is 30.8 Å². The molecule has 1 fully saturated rings. The highest BCUT2D eigenvalue weighted by molar-refractivity contribution is 6.30. The summed E-state index contributed by atoms with van der Waals surface area (Å²) in [7, 11) is 1.50. The summed E-state index contributed by atoms with van der Waals surface area (Å²) in [6.07, 6.45) is -0.0287. The molecule has 2 rings (SSSR count). The number of nitrogens with zero attached hydrogens (tertiary/aromatic N) is 2. The Morgan fingerprint density at radius 2 is 1.82 bits per heavy atom. The summed E-state index contributed by atoms with van der Waals surface area (Å²) in [6, 6.07) is 4.98. The van der Waals surface area contributed by atoms with E-state index in [0.717, 1.165) is 4.90 Å². The molecule has 0 saturated carbocycles. The number of ether oxygens (including phenoxy) is 2. The first-order chi connectivity index (χ1) is 16.0. The third-order valence-corrected chi connectivity index (χ3v) is 5.96. The first kappa shape index (κ1) is 27.5. The lowest BCUT2D eigenvalue weighted by Gasteiger charge is -2.26. The van der Waals surface area contributed by atoms with Crippen LogP contribution in [0.5, 0.6) is 0 Å². The monoisotopic (exact) mass is 498 g/mol. The van der Waals surface area contributed by atoms with E-state index in [2.05, 4.69) is 5.32 Å². The Balaban J connectivity index is 2.19. The molecule has 1 aromatic rings. The third kappa shape index (κ3) is 6.66. The van der Waals surface area contributed by atoms with Gasteiger partial charge in [0.2, 0.25) is 5.91 Å². The van der Waals surface area contributed by atoms with Crippen LogP contribution in [0.1, 0.15) is 37.6 Å². The fraction of sp³-hybridized carbons (Fsp3) is 0.545. The van der Waals surface area contributed by atoms with Gasteiger partial charge in [0.1, 0.15) is 12.3 Å². The molecule has 188 valence electrons. The summed E-state index contributed by atoms with van der Waals surface area (Å²) in [6.45, 7) is 5.12. The van der Waals surface area contributed by atoms with Crippen LogP contribution in [0.3, 0.4) is 0 Å². The fourth-order valence-corrected chi connectivity index (χ4v) is 3.56. The van der Waals surface area contributed by atoms with Gasteiger partial charge in [-0.05, 0) is 51.5 Å². The van der Waals surface area contributed by atoms with Crippen LogP contribution in [0.4, 0.5) is 4.79 Å². The highest BCUT2D eigenvalue weighted by atomic mass is 35.5. The van der Waals surface area contributed by atoms with Crippen LogP contribution in [0, 0.1) is 5.92 Å². The lowest BCUT2D eigenvalue weighted by atomic mass is 9.97. The number of benzene rings is 1. The van der Waals surface area contributed by atoms with Crippen LogP contribution < -0.4 is 10.8 Å². The van der Waals surface area contributed by atoms with E-state index >= 15 is 0 Å². The van der Waals surface area contributed by atoms with E-state index in [1.54, 1.807) is 50.5 Å². The van der Waals surface area contributed by atoms with Gasteiger partial charge in [0.25, 0.3) is 11.8 Å². The number of halogens is 1. The summed E-state index contributed by atoms with van der Waals surface area (Å²) in [5.74, 6) is -2.72. The molecule has 11 nitrogen and oxygen atoms in total. The average molecular weight is 499 g/mol. The van der Waals surface area contributed by atoms with Gasteiger partial charge in [0.15, 0.2) is 0 Å². The van der Waals surface area contributed by atoms with E-state index in [-0.39, 0.29) is 26.4 Å². The number of hydrogen-bond acceptors (Lipinski definition) is 7. The molecular formula is C22H31ClN4O7. The lowest BCUT2D eigenvalue weighted by molar-refractivity contribution is -0.137. The van der Waals surface area contributed by atoms with E-state index in [1.807, 2.05) is 0 Å². The van der Waals surface area contributed by atoms with Crippen molar-refractivity contribution in [3.05, 3.63) is 34.9 Å². The smallest absolute Gasteiger partial charge is 0.327 e. The summed E-state index contributed by atoms with van der Waals surface area (Å²) >= 11 is 5.88. The van der Waals surface area contributed by atoms with E-state index in [9.17, 15) is 24.4 Å². The second-order valence-corrected chi connectivity index (χ2v) is 8.82. The molecule has 2 atom stereocenters. The van der Waals surface area contributed by atoms with Crippen molar-refractivity contribution in [1.29, 1.82) is 0 Å². The maximum absolute atomic E-state index is 12.8. The number of rotatable bonds is 12. The zero-order chi connectivity index (χ0) is 25.5. The van der Waals surface area contributed by atoms with Crippen LogP contribution in [0.2, 0.25) is 5.02 Å². The number of amides is 5. The number of hydrogen-bond donors (Lipinski definition) is 3. The van der Waals surface area contributed by atoms with Crippen LogP contribution in [0.15, 0.2) is 24.3 Å². The first-order valence-corrected chi connectivity index (χ1v) is 11.2. The zero-order valence-corrected chi connectivity index (χ0v) is 20.4. The van der Waals surface area contributed by atoms with Crippen molar-refractivity contribution >= 4 is 35.4 Å². The molecule has 0 aromatic heterocycles. The predicted molar refractivity (Wildman–Crippen MR) is 122 cm³/mol. The van der Waals surface area contributed by atoms with Crippen LogP contribution in [-0.4, -0.2) is 83.9 Å². The maximum atomic E-state index is 12.8. The molecule has 1 aliphatic rings. The standard InChI is InChI=1S/C22H31ClN4O7/c1-5-33-13-34-12-17(24-18(28)14-6-8-16(23)9-7-14)10-15(19(29)25-32)11-27-20(30)22(2,3)26(4)21(27)31/h6-9,15,17,32H,5,10-13H2,1-4H3,(H,24,28)(H,25,29). The van der Waals surface area contributed by atoms with E-state index in [1.165, 1.54) is 11.9 Å². The van der Waals surface area contributed by atoms with Gasteiger partial charge in [-0.25, -0.2) is 10.3 Å². The average Bonchev–Trinajstić information content (AvgIpc) is 2.95. The minimum atomic E-state index is -1.07. The Labute approximate surface area is 203 Å². The van der Waals surface area contributed by atoms with Gasteiger partial charge in [-0.3, -0.25) is 24.5 Å². The van der Waals surface area contributed by atoms with Gasteiger partial charge < -0.3 is 19.7 Å². The Morgan fingerprint density at radius 3 is 2.35 bits per heavy atom. The molecule has 0 radical (unpaired) electrons. The summed E-state index contributed by atoms with van der Waals surface area (Å²) < 4.78 is 10.6. The van der Waals surface area contributed by atoms with E-state index in [4.69, 9.17) is 21.1 Å². The Hall–Kier alpha value is -2.73. The molecule has 1 aliphatic heterocycles. The van der Waals surface area contributed by atoms with Crippen molar-refractivity contribution in [3.63, 3.8) is 0 Å². The fourth-order valence-electron chi connectivity index (χ4n) is 3.43. The number of hydroxylamine groups is 1. The highest BCUT2D eigenvalue weighted by Crippen LogP contribution is 2.27. The normalized spacial score (nSPS) is 17.0. The topological polar surface area (TPSA) is 138 Å². The molecule has 12 heteroatoms. The summed E-state index contributed by atoms with van der Waals surface area (Å²) in [4.78, 5) is 52.8. The minimum Gasteiger partial charge on any atom is -0.356 e. The second kappa shape index (κ2) is 12.1. The number of carbonyl (C=O) groups is 4. The Kier molecular flexibility index (Phi) is 9.80. The lowest BCUT2D eigenvalue weighted by Crippen LogP contribution is -2.47.